The van der Waals surface area contributed by atoms with E-state index in [0.717, 1.165) is 25.4 Å². The van der Waals surface area contributed by atoms with Crippen LogP contribution in [0.5, 0.6) is 0 Å². The van der Waals surface area contributed by atoms with Crippen molar-refractivity contribution in [2.45, 2.75) is 38.3 Å². The highest BCUT2D eigenvalue weighted by atomic mass is 35.7. The van der Waals surface area contributed by atoms with Crippen molar-refractivity contribution in [1.82, 2.24) is 0 Å². The van der Waals surface area contributed by atoms with Crippen molar-refractivity contribution in [3.05, 3.63) is 0 Å². The van der Waals surface area contributed by atoms with Crippen LogP contribution in [0.3, 0.4) is 0 Å². The van der Waals surface area contributed by atoms with Gasteiger partial charge in [-0.15, -0.1) is 22.2 Å². The Balaban J connectivity index is 3.02. The smallest absolute Gasteiger partial charge is 0.248 e. The first-order valence-corrected chi connectivity index (χ1v) is 8.87. The van der Waals surface area contributed by atoms with E-state index in [1.165, 1.54) is 12.8 Å². The molecule has 0 amide bonds. The van der Waals surface area contributed by atoms with E-state index in [1.807, 2.05) is 6.55 Å². The van der Waals surface area contributed by atoms with Gasteiger partial charge in [0.25, 0.3) is 0 Å². The van der Waals surface area contributed by atoms with Gasteiger partial charge in [-0.3, -0.25) is 0 Å². The van der Waals surface area contributed by atoms with Gasteiger partial charge >= 0.3 is 0 Å². The molecule has 0 aromatic heterocycles. The third-order valence-electron chi connectivity index (χ3n) is 1.57. The maximum atomic E-state index is 5.93. The van der Waals surface area contributed by atoms with E-state index in [1.54, 1.807) is 0 Å². The van der Waals surface area contributed by atoms with Crippen LogP contribution in [0.2, 0.25) is 12.6 Å². The lowest BCUT2D eigenvalue weighted by molar-refractivity contribution is 0.672. The Morgan fingerprint density at radius 1 is 1.09 bits per heavy atom. The van der Waals surface area contributed by atoms with Crippen LogP contribution < -0.4 is 5.73 Å². The predicted octanol–water partition coefficient (Wildman–Crippen LogP) is 3.06. The normalized spacial score (nSPS) is 12.0. The van der Waals surface area contributed by atoms with Crippen molar-refractivity contribution in [1.29, 1.82) is 0 Å². The number of halogens is 2. The molecule has 68 valence electrons. The molecule has 0 rings (SSSR count). The van der Waals surface area contributed by atoms with Crippen LogP contribution in [0, 0.1) is 0 Å². The molecule has 0 heterocycles. The molecule has 0 spiro atoms. The number of rotatable bonds is 6. The van der Waals surface area contributed by atoms with E-state index in [0.29, 0.717) is 0 Å². The molecule has 0 aliphatic rings. The minimum atomic E-state index is -1.80. The van der Waals surface area contributed by atoms with E-state index in [9.17, 15) is 0 Å². The maximum Gasteiger partial charge on any atom is 0.248 e. The summed E-state index contributed by atoms with van der Waals surface area (Å²) in [4.78, 5) is 0. The molecule has 0 unspecified atom stereocenters. The zero-order valence-electron chi connectivity index (χ0n) is 7.08. The quantitative estimate of drug-likeness (QED) is 0.410. The monoisotopic (exact) mass is 213 g/mol. The van der Waals surface area contributed by atoms with Gasteiger partial charge in [-0.2, -0.15) is 0 Å². The van der Waals surface area contributed by atoms with Gasteiger partial charge in [0, 0.05) is 0 Å². The molecule has 0 bridgehead atoms. The predicted molar refractivity (Wildman–Crippen MR) is 55.7 cm³/mol. The van der Waals surface area contributed by atoms with Crippen LogP contribution in [-0.2, 0) is 0 Å². The molecule has 0 saturated heterocycles. The summed E-state index contributed by atoms with van der Waals surface area (Å²) in [6.45, 7) is 0.969. The highest BCUT2D eigenvalue weighted by Crippen LogP contribution is 2.22. The van der Waals surface area contributed by atoms with Crippen molar-refractivity contribution in [3.63, 3.8) is 0 Å². The second-order valence-corrected chi connectivity index (χ2v) is 11.2. The molecule has 0 saturated carbocycles. The zero-order valence-corrected chi connectivity index (χ0v) is 9.59. The average Bonchev–Trinajstić information content (AvgIpc) is 1.85. The molecular formula is C7H17Cl2NSi. The second-order valence-electron chi connectivity index (χ2n) is 3.02. The lowest BCUT2D eigenvalue weighted by Gasteiger charge is -2.08. The van der Waals surface area contributed by atoms with Crippen LogP contribution in [-0.4, -0.2) is 13.2 Å². The Labute approximate surface area is 79.7 Å². The van der Waals surface area contributed by atoms with E-state index >= 15 is 0 Å². The number of unbranched alkanes of at least 4 members (excludes halogenated alkanes) is 3. The number of hydrogen-bond acceptors (Lipinski definition) is 1. The molecule has 2 N–H and O–H groups in total. The summed E-state index contributed by atoms with van der Waals surface area (Å²) in [7, 11) is 0. The third-order valence-corrected chi connectivity index (χ3v) is 3.94. The van der Waals surface area contributed by atoms with Crippen LogP contribution in [0.4, 0.5) is 0 Å². The largest absolute Gasteiger partial charge is 0.330 e. The average molecular weight is 214 g/mol. The fourth-order valence-corrected chi connectivity index (χ4v) is 2.61. The van der Waals surface area contributed by atoms with Crippen LogP contribution in [0.1, 0.15) is 25.7 Å². The Morgan fingerprint density at radius 2 is 1.64 bits per heavy atom. The van der Waals surface area contributed by atoms with Gasteiger partial charge in [0.05, 0.1) is 0 Å². The topological polar surface area (TPSA) is 26.0 Å². The Hall–Kier alpha value is 0.757. The first-order valence-electron chi connectivity index (χ1n) is 4.14. The summed E-state index contributed by atoms with van der Waals surface area (Å²) in [6.07, 6.45) is 4.73. The standard InChI is InChI=1S/C7H17Cl2NSi/c1-11(8,9)7-5-3-2-4-6-10/h2-7,10H2,1H3. The minimum Gasteiger partial charge on any atom is -0.330 e. The molecule has 0 aromatic carbocycles. The lowest BCUT2D eigenvalue weighted by Crippen LogP contribution is -2.11. The molecular weight excluding hydrogens is 197 g/mol. The fraction of sp³-hybridized carbons (Fsp3) is 1.00. The summed E-state index contributed by atoms with van der Waals surface area (Å²) in [5.74, 6) is 0. The van der Waals surface area contributed by atoms with Crippen molar-refractivity contribution in [3.8, 4) is 0 Å². The van der Waals surface area contributed by atoms with Crippen molar-refractivity contribution in [2.75, 3.05) is 6.54 Å². The Kier molecular flexibility index (Phi) is 6.73. The molecule has 0 aliphatic heterocycles. The van der Waals surface area contributed by atoms with Crippen LogP contribution in [0.15, 0.2) is 0 Å². The van der Waals surface area contributed by atoms with Crippen molar-refractivity contribution >= 4 is 28.9 Å². The van der Waals surface area contributed by atoms with Gasteiger partial charge in [0.2, 0.25) is 6.69 Å². The molecule has 1 nitrogen and oxygen atoms in total. The summed E-state index contributed by atoms with van der Waals surface area (Å²) in [6, 6.07) is 1.01. The molecule has 0 aromatic rings. The van der Waals surface area contributed by atoms with E-state index < -0.39 is 6.69 Å². The summed E-state index contributed by atoms with van der Waals surface area (Å²) in [5.41, 5.74) is 5.35. The zero-order chi connectivity index (χ0) is 8.74. The minimum absolute atomic E-state index is 0.802. The van der Waals surface area contributed by atoms with Crippen molar-refractivity contribution < 1.29 is 0 Å². The van der Waals surface area contributed by atoms with E-state index in [-0.39, 0.29) is 0 Å². The third kappa shape index (κ3) is 10.8. The summed E-state index contributed by atoms with van der Waals surface area (Å²) in [5, 5.41) is 0. The maximum absolute atomic E-state index is 5.93. The number of hydrogen-bond donors (Lipinski definition) is 1. The second kappa shape index (κ2) is 6.29. The van der Waals surface area contributed by atoms with Gasteiger partial charge in [-0.1, -0.05) is 19.3 Å². The highest BCUT2D eigenvalue weighted by molar-refractivity contribution is 7.44. The molecule has 0 aliphatic carbocycles. The Bertz CT molecular complexity index is 92.9. The van der Waals surface area contributed by atoms with Gasteiger partial charge in [0.15, 0.2) is 0 Å². The lowest BCUT2D eigenvalue weighted by atomic mass is 10.2. The van der Waals surface area contributed by atoms with Crippen molar-refractivity contribution in [2.24, 2.45) is 5.73 Å². The summed E-state index contributed by atoms with van der Waals surface area (Å²) >= 11 is 11.9. The first kappa shape index (κ1) is 11.8. The highest BCUT2D eigenvalue weighted by Gasteiger charge is 2.19. The van der Waals surface area contributed by atoms with Gasteiger partial charge in [0.1, 0.15) is 0 Å². The van der Waals surface area contributed by atoms with Gasteiger partial charge in [-0.05, 0) is 25.6 Å². The Morgan fingerprint density at radius 3 is 2.09 bits per heavy atom. The fourth-order valence-electron chi connectivity index (χ4n) is 0.933. The molecule has 0 radical (unpaired) electrons. The molecule has 4 heteroatoms. The van der Waals surface area contributed by atoms with E-state index in [2.05, 4.69) is 0 Å². The van der Waals surface area contributed by atoms with Gasteiger partial charge < -0.3 is 5.73 Å². The number of nitrogens with two attached hydrogens (primary N) is 1. The first-order chi connectivity index (χ1) is 5.06. The van der Waals surface area contributed by atoms with E-state index in [4.69, 9.17) is 27.9 Å². The molecule has 0 atom stereocenters. The van der Waals surface area contributed by atoms with Crippen LogP contribution in [0.25, 0.3) is 0 Å². The van der Waals surface area contributed by atoms with Crippen LogP contribution >= 0.6 is 22.2 Å². The molecule has 0 fully saturated rings. The van der Waals surface area contributed by atoms with Gasteiger partial charge in [-0.25, -0.2) is 0 Å². The SMILES string of the molecule is C[Si](Cl)(Cl)CCCCCCN. The summed E-state index contributed by atoms with van der Waals surface area (Å²) < 4.78 is 0. The molecule has 11 heavy (non-hydrogen) atoms.